The Morgan fingerprint density at radius 3 is 2.67 bits per heavy atom. The van der Waals surface area contributed by atoms with Crippen molar-refractivity contribution in [3.8, 4) is 0 Å². The van der Waals surface area contributed by atoms with Gasteiger partial charge in [0.1, 0.15) is 5.82 Å². The largest absolute Gasteiger partial charge is 0.478 e. The van der Waals surface area contributed by atoms with Crippen LogP contribution in [0.25, 0.3) is 6.08 Å². The Labute approximate surface area is 122 Å². The van der Waals surface area contributed by atoms with Crippen molar-refractivity contribution in [2.45, 2.75) is 6.92 Å². The minimum atomic E-state index is -1.06. The number of carboxylic acids is 1. The smallest absolute Gasteiger partial charge is 0.337 e. The fraction of sp³-hybridized carbons (Fsp3) is 0.0625. The quantitative estimate of drug-likeness (QED) is 0.845. The summed E-state index contributed by atoms with van der Waals surface area (Å²) in [7, 11) is 0. The second-order valence-corrected chi connectivity index (χ2v) is 4.47. The molecular formula is C16H14N2O3. The van der Waals surface area contributed by atoms with Gasteiger partial charge in [0.2, 0.25) is 5.91 Å². The molecule has 1 heterocycles. The molecule has 5 nitrogen and oxygen atoms in total. The average Bonchev–Trinajstić information content (AvgIpc) is 2.46. The third-order valence-electron chi connectivity index (χ3n) is 2.73. The number of amides is 1. The first-order valence-corrected chi connectivity index (χ1v) is 6.30. The van der Waals surface area contributed by atoms with Gasteiger partial charge in [0, 0.05) is 12.3 Å². The first-order valence-electron chi connectivity index (χ1n) is 6.30. The molecule has 0 atom stereocenters. The summed E-state index contributed by atoms with van der Waals surface area (Å²) in [4.78, 5) is 26.3. The van der Waals surface area contributed by atoms with E-state index in [0.29, 0.717) is 5.82 Å². The molecule has 0 bridgehead atoms. The molecule has 1 aromatic carbocycles. The molecule has 2 rings (SSSR count). The van der Waals surface area contributed by atoms with E-state index in [2.05, 4.69) is 10.3 Å². The van der Waals surface area contributed by atoms with Gasteiger partial charge in [-0.05, 0) is 30.7 Å². The summed E-state index contributed by atoms with van der Waals surface area (Å²) < 4.78 is 0. The van der Waals surface area contributed by atoms with Crippen LogP contribution in [-0.4, -0.2) is 22.0 Å². The Morgan fingerprint density at radius 1 is 1.24 bits per heavy atom. The summed E-state index contributed by atoms with van der Waals surface area (Å²) in [5, 5.41) is 11.3. The van der Waals surface area contributed by atoms with Gasteiger partial charge >= 0.3 is 5.97 Å². The summed E-state index contributed by atoms with van der Waals surface area (Å²) in [6, 6.07) is 10.6. The average molecular weight is 282 g/mol. The fourth-order valence-corrected chi connectivity index (χ4v) is 1.71. The Balaban J connectivity index is 1.99. The van der Waals surface area contributed by atoms with Crippen LogP contribution in [-0.2, 0) is 4.79 Å². The predicted molar refractivity (Wildman–Crippen MR) is 80.0 cm³/mol. The molecule has 106 valence electrons. The first kappa shape index (κ1) is 14.5. The molecule has 1 amide bonds. The maximum atomic E-state index is 11.7. The van der Waals surface area contributed by atoms with Crippen molar-refractivity contribution in [1.29, 1.82) is 0 Å². The van der Waals surface area contributed by atoms with Crippen molar-refractivity contribution >= 4 is 23.8 Å². The molecule has 0 spiro atoms. The van der Waals surface area contributed by atoms with Crippen LogP contribution in [0.2, 0.25) is 0 Å². The molecule has 0 radical (unpaired) electrons. The second-order valence-electron chi connectivity index (χ2n) is 4.47. The number of nitrogens with one attached hydrogen (secondary N) is 1. The minimum Gasteiger partial charge on any atom is -0.478 e. The van der Waals surface area contributed by atoms with Gasteiger partial charge in [0.25, 0.3) is 0 Å². The van der Waals surface area contributed by atoms with E-state index in [-0.39, 0.29) is 11.5 Å². The molecule has 2 N–H and O–H groups in total. The Morgan fingerprint density at radius 2 is 2.05 bits per heavy atom. The standard InChI is InChI=1S/C16H14N2O3/c1-11-3-2-4-12(9-11)5-8-15(19)18-14-7-6-13(10-17-14)16(20)21/h2-10H,1H3,(H,20,21)(H,17,18,19)/b8-5+. The Kier molecular flexibility index (Phi) is 4.46. The molecule has 0 aliphatic carbocycles. The van der Waals surface area contributed by atoms with Gasteiger partial charge in [0.05, 0.1) is 5.56 Å². The van der Waals surface area contributed by atoms with Crippen LogP contribution in [0.5, 0.6) is 0 Å². The zero-order chi connectivity index (χ0) is 15.2. The molecule has 0 aliphatic rings. The molecule has 5 heteroatoms. The lowest BCUT2D eigenvalue weighted by Gasteiger charge is -2.01. The van der Waals surface area contributed by atoms with E-state index in [9.17, 15) is 9.59 Å². The molecule has 2 aromatic rings. The van der Waals surface area contributed by atoms with Crippen LogP contribution < -0.4 is 5.32 Å². The summed E-state index contributed by atoms with van der Waals surface area (Å²) >= 11 is 0. The van der Waals surface area contributed by atoms with Crippen LogP contribution in [0.4, 0.5) is 5.82 Å². The van der Waals surface area contributed by atoms with Crippen LogP contribution in [0, 0.1) is 6.92 Å². The molecule has 21 heavy (non-hydrogen) atoms. The van der Waals surface area contributed by atoms with Crippen molar-refractivity contribution < 1.29 is 14.7 Å². The summed E-state index contributed by atoms with van der Waals surface area (Å²) in [5.41, 5.74) is 2.12. The molecule has 0 unspecified atom stereocenters. The summed E-state index contributed by atoms with van der Waals surface area (Å²) in [6.45, 7) is 1.98. The lowest BCUT2D eigenvalue weighted by atomic mass is 10.1. The monoisotopic (exact) mass is 282 g/mol. The number of rotatable bonds is 4. The van der Waals surface area contributed by atoms with Gasteiger partial charge in [-0.3, -0.25) is 4.79 Å². The fourth-order valence-electron chi connectivity index (χ4n) is 1.71. The highest BCUT2D eigenvalue weighted by Gasteiger charge is 2.04. The van der Waals surface area contributed by atoms with Crippen LogP contribution in [0.3, 0.4) is 0 Å². The van der Waals surface area contributed by atoms with E-state index in [1.807, 2.05) is 31.2 Å². The highest BCUT2D eigenvalue weighted by molar-refractivity contribution is 6.01. The van der Waals surface area contributed by atoms with E-state index in [4.69, 9.17) is 5.11 Å². The number of aromatic carboxylic acids is 1. The van der Waals surface area contributed by atoms with E-state index in [1.54, 1.807) is 6.08 Å². The van der Waals surface area contributed by atoms with E-state index in [1.165, 1.54) is 24.4 Å². The maximum absolute atomic E-state index is 11.7. The SMILES string of the molecule is Cc1cccc(/C=C/C(=O)Nc2ccc(C(=O)O)cn2)c1. The first-order chi connectivity index (χ1) is 10.0. The van der Waals surface area contributed by atoms with Crippen molar-refractivity contribution in [2.75, 3.05) is 5.32 Å². The predicted octanol–water partition coefficient (Wildman–Crippen LogP) is 2.74. The number of anilines is 1. The minimum absolute atomic E-state index is 0.0725. The topological polar surface area (TPSA) is 79.3 Å². The molecule has 0 aliphatic heterocycles. The number of carboxylic acid groups (broad SMARTS) is 1. The normalized spacial score (nSPS) is 10.5. The van der Waals surface area contributed by atoms with Crippen molar-refractivity contribution in [2.24, 2.45) is 0 Å². The number of aryl methyl sites for hydroxylation is 1. The van der Waals surface area contributed by atoms with Crippen molar-refractivity contribution in [3.05, 3.63) is 65.4 Å². The lowest BCUT2D eigenvalue weighted by molar-refractivity contribution is -0.111. The van der Waals surface area contributed by atoms with Gasteiger partial charge in [-0.25, -0.2) is 9.78 Å². The van der Waals surface area contributed by atoms with Crippen molar-refractivity contribution in [3.63, 3.8) is 0 Å². The number of carbonyl (C=O) groups is 2. The Hall–Kier alpha value is -2.95. The van der Waals surface area contributed by atoms with Gasteiger partial charge in [0.15, 0.2) is 0 Å². The summed E-state index contributed by atoms with van der Waals surface area (Å²) in [5.74, 6) is -1.08. The van der Waals surface area contributed by atoms with Gasteiger partial charge in [-0.15, -0.1) is 0 Å². The van der Waals surface area contributed by atoms with Crippen molar-refractivity contribution in [1.82, 2.24) is 4.98 Å². The molecule has 0 fully saturated rings. The number of hydrogen-bond acceptors (Lipinski definition) is 3. The number of hydrogen-bond donors (Lipinski definition) is 2. The number of aromatic nitrogens is 1. The molecule has 0 saturated heterocycles. The molecule has 0 saturated carbocycles. The molecule has 1 aromatic heterocycles. The summed E-state index contributed by atoms with van der Waals surface area (Å²) in [6.07, 6.45) is 4.30. The highest BCUT2D eigenvalue weighted by atomic mass is 16.4. The van der Waals surface area contributed by atoms with Crippen LogP contribution in [0.1, 0.15) is 21.5 Å². The lowest BCUT2D eigenvalue weighted by Crippen LogP contribution is -2.09. The Bertz CT molecular complexity index is 691. The van der Waals surface area contributed by atoms with E-state index in [0.717, 1.165) is 11.1 Å². The van der Waals surface area contributed by atoms with Gasteiger partial charge in [-0.1, -0.05) is 29.8 Å². The number of nitrogens with zero attached hydrogens (tertiary/aromatic N) is 1. The van der Waals surface area contributed by atoms with Crippen LogP contribution in [0.15, 0.2) is 48.7 Å². The molecular weight excluding hydrogens is 268 g/mol. The maximum Gasteiger partial charge on any atom is 0.337 e. The van der Waals surface area contributed by atoms with E-state index >= 15 is 0 Å². The third-order valence-corrected chi connectivity index (χ3v) is 2.73. The van der Waals surface area contributed by atoms with E-state index < -0.39 is 5.97 Å². The third kappa shape index (κ3) is 4.28. The number of benzene rings is 1. The van der Waals surface area contributed by atoms with Crippen LogP contribution >= 0.6 is 0 Å². The number of carbonyl (C=O) groups excluding carboxylic acids is 1. The van der Waals surface area contributed by atoms with Gasteiger partial charge in [-0.2, -0.15) is 0 Å². The second kappa shape index (κ2) is 6.47. The zero-order valence-corrected chi connectivity index (χ0v) is 11.4. The zero-order valence-electron chi connectivity index (χ0n) is 11.4. The highest BCUT2D eigenvalue weighted by Crippen LogP contribution is 2.07. The number of pyridine rings is 1. The van der Waals surface area contributed by atoms with Gasteiger partial charge < -0.3 is 10.4 Å².